The number of carbonyl (C=O) groups is 1. The van der Waals surface area contributed by atoms with E-state index in [0.29, 0.717) is 23.5 Å². The number of hydrogen-bond acceptors (Lipinski definition) is 4. The van der Waals surface area contributed by atoms with Crippen LogP contribution in [0, 0.1) is 0 Å². The Labute approximate surface area is 123 Å². The summed E-state index contributed by atoms with van der Waals surface area (Å²) in [6.07, 6.45) is 0.370. The highest BCUT2D eigenvalue weighted by molar-refractivity contribution is 5.94. The van der Waals surface area contributed by atoms with E-state index >= 15 is 0 Å². The topological polar surface area (TPSA) is 44.8 Å². The third-order valence-corrected chi connectivity index (χ3v) is 3.65. The van der Waals surface area contributed by atoms with Crippen molar-refractivity contribution < 1.29 is 19.0 Å². The van der Waals surface area contributed by atoms with Gasteiger partial charge in [0.25, 0.3) is 0 Å². The SMILES string of the molecule is COc1ccc(C[C@@H]2OC(=O)c3ccccc32)cc1OC. The van der Waals surface area contributed by atoms with Crippen molar-refractivity contribution in [1.29, 1.82) is 0 Å². The molecule has 4 heteroatoms. The van der Waals surface area contributed by atoms with Gasteiger partial charge in [0.1, 0.15) is 6.10 Å². The molecule has 1 heterocycles. The van der Waals surface area contributed by atoms with Crippen molar-refractivity contribution in [2.75, 3.05) is 14.2 Å². The molecule has 2 aromatic rings. The summed E-state index contributed by atoms with van der Waals surface area (Å²) in [7, 11) is 3.21. The second-order valence-corrected chi connectivity index (χ2v) is 4.87. The normalized spacial score (nSPS) is 16.3. The molecule has 4 nitrogen and oxygen atoms in total. The quantitative estimate of drug-likeness (QED) is 0.809. The largest absolute Gasteiger partial charge is 0.493 e. The van der Waals surface area contributed by atoms with Crippen molar-refractivity contribution in [3.05, 3.63) is 59.2 Å². The molecule has 0 N–H and O–H groups in total. The molecule has 1 aliphatic heterocycles. The van der Waals surface area contributed by atoms with Crippen LogP contribution in [0.3, 0.4) is 0 Å². The predicted molar refractivity (Wildman–Crippen MR) is 77.8 cm³/mol. The Kier molecular flexibility index (Phi) is 3.52. The Hall–Kier alpha value is -2.49. The molecule has 21 heavy (non-hydrogen) atoms. The van der Waals surface area contributed by atoms with Crippen LogP contribution in [0.25, 0.3) is 0 Å². The van der Waals surface area contributed by atoms with E-state index in [1.165, 1.54) is 0 Å². The summed E-state index contributed by atoms with van der Waals surface area (Å²) in [4.78, 5) is 11.8. The number of benzene rings is 2. The number of cyclic esters (lactones) is 1. The Morgan fingerprint density at radius 2 is 1.81 bits per heavy atom. The van der Waals surface area contributed by atoms with Crippen LogP contribution in [-0.2, 0) is 11.2 Å². The van der Waals surface area contributed by atoms with Gasteiger partial charge >= 0.3 is 5.97 Å². The van der Waals surface area contributed by atoms with Gasteiger partial charge in [-0.15, -0.1) is 0 Å². The van der Waals surface area contributed by atoms with E-state index in [4.69, 9.17) is 14.2 Å². The van der Waals surface area contributed by atoms with Crippen LogP contribution in [0.1, 0.15) is 27.6 Å². The molecule has 0 unspecified atom stereocenters. The van der Waals surface area contributed by atoms with Crippen LogP contribution in [-0.4, -0.2) is 20.2 Å². The first-order valence-electron chi connectivity index (χ1n) is 6.73. The predicted octanol–water partition coefficient (Wildman–Crippen LogP) is 3.16. The van der Waals surface area contributed by atoms with Gasteiger partial charge in [0.2, 0.25) is 0 Å². The number of hydrogen-bond donors (Lipinski definition) is 0. The molecular formula is C17H16O4. The molecule has 0 aliphatic carbocycles. The summed E-state index contributed by atoms with van der Waals surface area (Å²) in [6.45, 7) is 0. The second kappa shape index (κ2) is 5.48. The van der Waals surface area contributed by atoms with Crippen LogP contribution >= 0.6 is 0 Å². The van der Waals surface area contributed by atoms with Crippen molar-refractivity contribution in [2.45, 2.75) is 12.5 Å². The molecule has 2 aromatic carbocycles. The smallest absolute Gasteiger partial charge is 0.339 e. The van der Waals surface area contributed by atoms with Crippen LogP contribution < -0.4 is 9.47 Å². The lowest BCUT2D eigenvalue weighted by atomic mass is 9.99. The van der Waals surface area contributed by atoms with Gasteiger partial charge < -0.3 is 14.2 Å². The van der Waals surface area contributed by atoms with Crippen LogP contribution in [0.15, 0.2) is 42.5 Å². The van der Waals surface area contributed by atoms with E-state index < -0.39 is 0 Å². The maximum absolute atomic E-state index is 11.8. The number of rotatable bonds is 4. The minimum Gasteiger partial charge on any atom is -0.493 e. The lowest BCUT2D eigenvalue weighted by molar-refractivity contribution is 0.0387. The summed E-state index contributed by atoms with van der Waals surface area (Å²) in [5, 5.41) is 0. The molecule has 0 bridgehead atoms. The summed E-state index contributed by atoms with van der Waals surface area (Å²) >= 11 is 0. The molecule has 0 saturated carbocycles. The third-order valence-electron chi connectivity index (χ3n) is 3.65. The zero-order chi connectivity index (χ0) is 14.8. The number of fused-ring (bicyclic) bond motifs is 1. The maximum atomic E-state index is 11.8. The summed E-state index contributed by atoms with van der Waals surface area (Å²) in [5.41, 5.74) is 2.63. The molecule has 3 rings (SSSR count). The average Bonchev–Trinajstić information content (AvgIpc) is 2.84. The van der Waals surface area contributed by atoms with Crippen LogP contribution in [0.5, 0.6) is 11.5 Å². The number of esters is 1. The molecule has 0 amide bonds. The fraction of sp³-hybridized carbons (Fsp3) is 0.235. The second-order valence-electron chi connectivity index (χ2n) is 4.87. The van der Waals surface area contributed by atoms with E-state index in [1.807, 2.05) is 36.4 Å². The highest BCUT2D eigenvalue weighted by atomic mass is 16.5. The fourth-order valence-electron chi connectivity index (χ4n) is 2.59. The lowest BCUT2D eigenvalue weighted by Gasteiger charge is -2.13. The minimum atomic E-state index is -0.254. The van der Waals surface area contributed by atoms with E-state index in [2.05, 4.69) is 0 Å². The van der Waals surface area contributed by atoms with Gasteiger partial charge in [-0.3, -0.25) is 0 Å². The fourth-order valence-corrected chi connectivity index (χ4v) is 2.59. The molecule has 0 radical (unpaired) electrons. The van der Waals surface area contributed by atoms with Crippen molar-refractivity contribution in [3.63, 3.8) is 0 Å². The van der Waals surface area contributed by atoms with Gasteiger partial charge in [-0.05, 0) is 23.8 Å². The lowest BCUT2D eigenvalue weighted by Crippen LogP contribution is -2.03. The van der Waals surface area contributed by atoms with Gasteiger partial charge in [0.05, 0.1) is 19.8 Å². The zero-order valence-corrected chi connectivity index (χ0v) is 12.0. The molecule has 0 spiro atoms. The first-order valence-corrected chi connectivity index (χ1v) is 6.73. The van der Waals surface area contributed by atoms with Crippen molar-refractivity contribution in [1.82, 2.24) is 0 Å². The number of methoxy groups -OCH3 is 2. The number of carbonyl (C=O) groups excluding carboxylic acids is 1. The van der Waals surface area contributed by atoms with Crippen molar-refractivity contribution >= 4 is 5.97 Å². The maximum Gasteiger partial charge on any atom is 0.339 e. The third kappa shape index (κ3) is 2.44. The van der Waals surface area contributed by atoms with Crippen molar-refractivity contribution in [3.8, 4) is 11.5 Å². The molecule has 0 aromatic heterocycles. The molecule has 0 fully saturated rings. The van der Waals surface area contributed by atoms with Gasteiger partial charge in [-0.25, -0.2) is 4.79 Å². The Morgan fingerprint density at radius 3 is 2.57 bits per heavy atom. The zero-order valence-electron chi connectivity index (χ0n) is 12.0. The van der Waals surface area contributed by atoms with Crippen molar-refractivity contribution in [2.24, 2.45) is 0 Å². The van der Waals surface area contributed by atoms with E-state index in [-0.39, 0.29) is 12.1 Å². The average molecular weight is 284 g/mol. The highest BCUT2D eigenvalue weighted by Gasteiger charge is 2.30. The van der Waals surface area contributed by atoms with E-state index in [1.54, 1.807) is 20.3 Å². The van der Waals surface area contributed by atoms with E-state index in [9.17, 15) is 4.79 Å². The highest BCUT2D eigenvalue weighted by Crippen LogP contribution is 2.35. The summed E-state index contributed by atoms with van der Waals surface area (Å²) in [5.74, 6) is 1.11. The Bertz CT molecular complexity index is 678. The first kappa shape index (κ1) is 13.5. The molecule has 1 atom stereocenters. The van der Waals surface area contributed by atoms with Gasteiger partial charge in [0.15, 0.2) is 11.5 Å². The van der Waals surface area contributed by atoms with Gasteiger partial charge in [0, 0.05) is 12.0 Å². The Balaban J connectivity index is 1.87. The molecular weight excluding hydrogens is 268 g/mol. The van der Waals surface area contributed by atoms with E-state index in [0.717, 1.165) is 11.1 Å². The first-order chi connectivity index (χ1) is 10.2. The standard InChI is InChI=1S/C17H16O4/c1-19-14-8-7-11(10-16(14)20-2)9-15-12-5-3-4-6-13(12)17(18)21-15/h3-8,10,15H,9H2,1-2H3/t15-/m0/s1. The van der Waals surface area contributed by atoms with Crippen LogP contribution in [0.4, 0.5) is 0 Å². The molecule has 108 valence electrons. The van der Waals surface area contributed by atoms with Gasteiger partial charge in [-0.1, -0.05) is 24.3 Å². The monoisotopic (exact) mass is 284 g/mol. The summed E-state index contributed by atoms with van der Waals surface area (Å²) in [6, 6.07) is 13.2. The minimum absolute atomic E-state index is 0.244. The van der Waals surface area contributed by atoms with Gasteiger partial charge in [-0.2, -0.15) is 0 Å². The summed E-state index contributed by atoms with van der Waals surface area (Å²) < 4.78 is 16.0. The number of ether oxygens (including phenoxy) is 3. The molecule has 1 aliphatic rings. The van der Waals surface area contributed by atoms with Crippen LogP contribution in [0.2, 0.25) is 0 Å². The molecule has 0 saturated heterocycles. The Morgan fingerprint density at radius 1 is 1.05 bits per heavy atom.